The van der Waals surface area contributed by atoms with E-state index in [4.69, 9.17) is 4.74 Å². The highest BCUT2D eigenvalue weighted by molar-refractivity contribution is 5.67. The lowest BCUT2D eigenvalue weighted by Gasteiger charge is -2.14. The molecule has 140 valence electrons. The Hall–Kier alpha value is -2.79. The van der Waals surface area contributed by atoms with Gasteiger partial charge in [-0.3, -0.25) is 4.98 Å². The molecule has 0 saturated heterocycles. The minimum atomic E-state index is -0.489. The van der Waals surface area contributed by atoms with E-state index < -0.39 is 6.10 Å². The number of ether oxygens (including phenoxy) is 1. The maximum absolute atomic E-state index is 9.68. The fraction of sp³-hybridized carbons (Fsp3) is 0.318. The summed E-state index contributed by atoms with van der Waals surface area (Å²) in [6.45, 7) is 6.30. The number of benzene rings is 1. The van der Waals surface area contributed by atoms with Crippen molar-refractivity contribution in [3.63, 3.8) is 0 Å². The fourth-order valence-corrected chi connectivity index (χ4v) is 2.85. The summed E-state index contributed by atoms with van der Waals surface area (Å²) >= 11 is 0. The molecule has 0 spiro atoms. The summed E-state index contributed by atoms with van der Waals surface area (Å²) in [6, 6.07) is 13.7. The second-order valence-corrected chi connectivity index (χ2v) is 6.73. The number of aryl methyl sites for hydroxylation is 1. The number of nitrogens with zero attached hydrogens (tertiary/aromatic N) is 3. The van der Waals surface area contributed by atoms with E-state index in [2.05, 4.69) is 21.9 Å². The van der Waals surface area contributed by atoms with Crippen molar-refractivity contribution in [2.24, 2.45) is 0 Å². The maximum Gasteiger partial charge on any atom is 0.224 e. The van der Waals surface area contributed by atoms with E-state index in [1.807, 2.05) is 55.6 Å². The van der Waals surface area contributed by atoms with Crippen LogP contribution in [0.3, 0.4) is 0 Å². The van der Waals surface area contributed by atoms with Crippen LogP contribution in [0.5, 0.6) is 5.88 Å². The summed E-state index contributed by atoms with van der Waals surface area (Å²) in [5.74, 6) is 1.57. The average molecular weight is 363 g/mol. The average Bonchev–Trinajstić information content (AvgIpc) is 2.69. The number of pyridine rings is 1. The predicted octanol–water partition coefficient (Wildman–Crippen LogP) is 4.47. The first-order valence-electron chi connectivity index (χ1n) is 9.20. The molecule has 0 saturated carbocycles. The molecule has 3 rings (SSSR count). The first-order chi connectivity index (χ1) is 13.0. The Bertz CT molecular complexity index is 864. The van der Waals surface area contributed by atoms with E-state index in [0.717, 1.165) is 28.8 Å². The van der Waals surface area contributed by atoms with Gasteiger partial charge in [0.05, 0.1) is 18.3 Å². The molecule has 1 unspecified atom stereocenters. The highest BCUT2D eigenvalue weighted by Crippen LogP contribution is 2.29. The number of aliphatic hydroxyl groups excluding tert-OH is 1. The number of hydrogen-bond acceptors (Lipinski definition) is 5. The molecule has 1 N–H and O–H groups in total. The molecule has 0 bridgehead atoms. The summed E-state index contributed by atoms with van der Waals surface area (Å²) < 4.78 is 6.01. The normalized spacial score (nSPS) is 13.2. The molecule has 5 heteroatoms. The number of aromatic nitrogens is 3. The van der Waals surface area contributed by atoms with E-state index in [9.17, 15) is 5.11 Å². The van der Waals surface area contributed by atoms with Crippen molar-refractivity contribution in [1.82, 2.24) is 15.0 Å². The Labute approximate surface area is 160 Å². The third kappa shape index (κ3) is 4.89. The zero-order valence-electron chi connectivity index (χ0n) is 16.0. The third-order valence-corrected chi connectivity index (χ3v) is 4.56. The summed E-state index contributed by atoms with van der Waals surface area (Å²) in [7, 11) is 0. The molecule has 0 aliphatic carbocycles. The second-order valence-electron chi connectivity index (χ2n) is 6.73. The SMILES string of the molecule is Cc1ncc(-c2ccc(C(C)O)cc2)c(OCC[C@@H](C)c2ccccn2)n1. The Morgan fingerprint density at radius 3 is 2.48 bits per heavy atom. The van der Waals surface area contributed by atoms with Crippen LogP contribution in [0.4, 0.5) is 0 Å². The molecule has 2 aromatic heterocycles. The van der Waals surface area contributed by atoms with Crippen LogP contribution in [-0.4, -0.2) is 26.7 Å². The molecule has 5 nitrogen and oxygen atoms in total. The first kappa shape index (κ1) is 19.0. The molecule has 0 amide bonds. The molecular formula is C22H25N3O2. The number of hydrogen-bond donors (Lipinski definition) is 1. The molecule has 0 fully saturated rings. The molecule has 0 radical (unpaired) electrons. The van der Waals surface area contributed by atoms with Crippen LogP contribution in [0.25, 0.3) is 11.1 Å². The smallest absolute Gasteiger partial charge is 0.224 e. The zero-order valence-corrected chi connectivity index (χ0v) is 16.0. The first-order valence-corrected chi connectivity index (χ1v) is 9.20. The summed E-state index contributed by atoms with van der Waals surface area (Å²) in [5.41, 5.74) is 3.75. The van der Waals surface area contributed by atoms with Crippen molar-refractivity contribution >= 4 is 0 Å². The van der Waals surface area contributed by atoms with Gasteiger partial charge in [-0.15, -0.1) is 0 Å². The van der Waals surface area contributed by atoms with Crippen molar-refractivity contribution in [2.45, 2.75) is 39.2 Å². The second kappa shape index (κ2) is 8.73. The zero-order chi connectivity index (χ0) is 19.2. The van der Waals surface area contributed by atoms with Crippen LogP contribution < -0.4 is 4.74 Å². The molecule has 3 aromatic rings. The molecule has 0 aliphatic rings. The van der Waals surface area contributed by atoms with Crippen LogP contribution in [-0.2, 0) is 0 Å². The van der Waals surface area contributed by atoms with E-state index in [-0.39, 0.29) is 0 Å². The van der Waals surface area contributed by atoms with E-state index in [0.29, 0.717) is 24.2 Å². The van der Waals surface area contributed by atoms with Gasteiger partial charge in [0.1, 0.15) is 5.82 Å². The van der Waals surface area contributed by atoms with Gasteiger partial charge >= 0.3 is 0 Å². The highest BCUT2D eigenvalue weighted by Gasteiger charge is 2.12. The quantitative estimate of drug-likeness (QED) is 0.671. The molecule has 1 aromatic carbocycles. The van der Waals surface area contributed by atoms with Crippen molar-refractivity contribution < 1.29 is 9.84 Å². The van der Waals surface area contributed by atoms with Crippen molar-refractivity contribution in [3.05, 3.63) is 71.9 Å². The van der Waals surface area contributed by atoms with Gasteiger partial charge in [0.25, 0.3) is 0 Å². The van der Waals surface area contributed by atoms with Gasteiger partial charge in [-0.25, -0.2) is 4.98 Å². The molecule has 2 atom stereocenters. The third-order valence-electron chi connectivity index (χ3n) is 4.56. The highest BCUT2D eigenvalue weighted by atomic mass is 16.5. The topological polar surface area (TPSA) is 68.1 Å². The van der Waals surface area contributed by atoms with Crippen LogP contribution in [0.2, 0.25) is 0 Å². The molecule has 0 aliphatic heterocycles. The lowest BCUT2D eigenvalue weighted by molar-refractivity contribution is 0.199. The van der Waals surface area contributed by atoms with Crippen LogP contribution in [0, 0.1) is 6.92 Å². The van der Waals surface area contributed by atoms with Crippen LogP contribution >= 0.6 is 0 Å². The van der Waals surface area contributed by atoms with Crippen molar-refractivity contribution in [2.75, 3.05) is 6.61 Å². The standard InChI is InChI=1S/C22H25N3O2/c1-15(21-6-4-5-12-23-21)11-13-27-22-20(14-24-17(3)25-22)19-9-7-18(8-10-19)16(2)26/h4-10,12,14-16,26H,11,13H2,1-3H3/t15-,16?/m1/s1. The van der Waals surface area contributed by atoms with E-state index in [1.165, 1.54) is 0 Å². The molecular weight excluding hydrogens is 338 g/mol. The summed E-state index contributed by atoms with van der Waals surface area (Å²) in [6.07, 6.45) is 3.96. The molecule has 27 heavy (non-hydrogen) atoms. The Morgan fingerprint density at radius 1 is 1.04 bits per heavy atom. The van der Waals surface area contributed by atoms with E-state index in [1.54, 1.807) is 13.1 Å². The van der Waals surface area contributed by atoms with Gasteiger partial charge in [-0.2, -0.15) is 4.98 Å². The monoisotopic (exact) mass is 363 g/mol. The van der Waals surface area contributed by atoms with Gasteiger partial charge in [-0.05, 0) is 43.5 Å². The van der Waals surface area contributed by atoms with Gasteiger partial charge in [0.15, 0.2) is 0 Å². The van der Waals surface area contributed by atoms with Crippen LogP contribution in [0.15, 0.2) is 54.9 Å². The lowest BCUT2D eigenvalue weighted by Crippen LogP contribution is -2.07. The Morgan fingerprint density at radius 2 is 1.81 bits per heavy atom. The lowest BCUT2D eigenvalue weighted by atomic mass is 10.0. The van der Waals surface area contributed by atoms with Crippen LogP contribution in [0.1, 0.15) is 49.4 Å². The maximum atomic E-state index is 9.68. The van der Waals surface area contributed by atoms with Gasteiger partial charge in [0.2, 0.25) is 5.88 Å². The van der Waals surface area contributed by atoms with Crippen molar-refractivity contribution in [3.8, 4) is 17.0 Å². The predicted molar refractivity (Wildman–Crippen MR) is 106 cm³/mol. The van der Waals surface area contributed by atoms with Gasteiger partial charge in [0, 0.05) is 24.0 Å². The Balaban J connectivity index is 1.72. The number of aliphatic hydroxyl groups is 1. The number of rotatable bonds is 7. The minimum Gasteiger partial charge on any atom is -0.477 e. The largest absolute Gasteiger partial charge is 0.477 e. The Kier molecular flexibility index (Phi) is 6.14. The summed E-state index contributed by atoms with van der Waals surface area (Å²) in [4.78, 5) is 13.2. The van der Waals surface area contributed by atoms with E-state index >= 15 is 0 Å². The minimum absolute atomic E-state index is 0.308. The van der Waals surface area contributed by atoms with Gasteiger partial charge in [-0.1, -0.05) is 37.3 Å². The van der Waals surface area contributed by atoms with Crippen molar-refractivity contribution in [1.29, 1.82) is 0 Å². The molecule has 2 heterocycles. The fourth-order valence-electron chi connectivity index (χ4n) is 2.85. The van der Waals surface area contributed by atoms with Gasteiger partial charge < -0.3 is 9.84 Å². The summed E-state index contributed by atoms with van der Waals surface area (Å²) in [5, 5.41) is 9.68.